The van der Waals surface area contributed by atoms with Crippen LogP contribution in [0.3, 0.4) is 0 Å². The fourth-order valence-electron chi connectivity index (χ4n) is 3.64. The predicted octanol–water partition coefficient (Wildman–Crippen LogP) is 3.07. The van der Waals surface area contributed by atoms with Crippen molar-refractivity contribution in [2.75, 3.05) is 26.2 Å². The highest BCUT2D eigenvalue weighted by Crippen LogP contribution is 2.14. The fourth-order valence-corrected chi connectivity index (χ4v) is 3.64. The van der Waals surface area contributed by atoms with Crippen LogP contribution < -0.4 is 0 Å². The Morgan fingerprint density at radius 2 is 1.68 bits per heavy atom. The number of hydrogen-bond acceptors (Lipinski definition) is 3. The molecule has 0 spiro atoms. The minimum Gasteiger partial charge on any atom is -0.340 e. The number of amides is 1. The molecule has 28 heavy (non-hydrogen) atoms. The summed E-state index contributed by atoms with van der Waals surface area (Å²) < 4.78 is 1.82. The SMILES string of the molecule is Cc1ccccc1CN1CCN(C(=O)Cc2cnn(-c3ccccc3)c2)CC1. The predicted molar refractivity (Wildman–Crippen MR) is 110 cm³/mol. The van der Waals surface area contributed by atoms with E-state index in [-0.39, 0.29) is 5.91 Å². The molecule has 1 aromatic heterocycles. The summed E-state index contributed by atoms with van der Waals surface area (Å²) in [5.74, 6) is 0.183. The summed E-state index contributed by atoms with van der Waals surface area (Å²) in [6.45, 7) is 6.53. The topological polar surface area (TPSA) is 41.4 Å². The van der Waals surface area contributed by atoms with Gasteiger partial charge in [-0.05, 0) is 35.7 Å². The second kappa shape index (κ2) is 8.40. The van der Waals surface area contributed by atoms with E-state index in [1.54, 1.807) is 6.20 Å². The summed E-state index contributed by atoms with van der Waals surface area (Å²) in [4.78, 5) is 17.1. The van der Waals surface area contributed by atoms with E-state index in [9.17, 15) is 4.79 Å². The van der Waals surface area contributed by atoms with Crippen molar-refractivity contribution in [3.05, 3.63) is 83.7 Å². The summed E-state index contributed by atoms with van der Waals surface area (Å²) in [5.41, 5.74) is 4.66. The lowest BCUT2D eigenvalue weighted by Crippen LogP contribution is -2.48. The van der Waals surface area contributed by atoms with E-state index in [0.29, 0.717) is 6.42 Å². The maximum absolute atomic E-state index is 12.7. The Morgan fingerprint density at radius 1 is 0.964 bits per heavy atom. The Bertz CT molecular complexity index is 927. The van der Waals surface area contributed by atoms with Crippen molar-refractivity contribution in [2.45, 2.75) is 19.9 Å². The van der Waals surface area contributed by atoms with Gasteiger partial charge in [0.2, 0.25) is 5.91 Å². The van der Waals surface area contributed by atoms with Crippen LogP contribution in [0.4, 0.5) is 0 Å². The van der Waals surface area contributed by atoms with Crippen molar-refractivity contribution in [1.82, 2.24) is 19.6 Å². The van der Waals surface area contributed by atoms with Crippen LogP contribution >= 0.6 is 0 Å². The minimum absolute atomic E-state index is 0.183. The van der Waals surface area contributed by atoms with Gasteiger partial charge < -0.3 is 4.90 Å². The van der Waals surface area contributed by atoms with Gasteiger partial charge in [-0.3, -0.25) is 9.69 Å². The highest BCUT2D eigenvalue weighted by atomic mass is 16.2. The van der Waals surface area contributed by atoms with E-state index in [1.165, 1.54) is 11.1 Å². The van der Waals surface area contributed by atoms with E-state index >= 15 is 0 Å². The van der Waals surface area contributed by atoms with Gasteiger partial charge in [0.1, 0.15) is 0 Å². The van der Waals surface area contributed by atoms with Crippen molar-refractivity contribution < 1.29 is 4.79 Å². The molecule has 0 saturated carbocycles. The van der Waals surface area contributed by atoms with Crippen LogP contribution in [0.25, 0.3) is 5.69 Å². The van der Waals surface area contributed by atoms with Crippen molar-refractivity contribution in [1.29, 1.82) is 0 Å². The van der Waals surface area contributed by atoms with Gasteiger partial charge in [0.15, 0.2) is 0 Å². The largest absolute Gasteiger partial charge is 0.340 e. The molecule has 1 aliphatic heterocycles. The van der Waals surface area contributed by atoms with Gasteiger partial charge in [0.05, 0.1) is 18.3 Å². The van der Waals surface area contributed by atoms with Crippen LogP contribution in [0.1, 0.15) is 16.7 Å². The lowest BCUT2D eigenvalue weighted by Gasteiger charge is -2.35. The molecule has 4 rings (SSSR count). The highest BCUT2D eigenvalue weighted by Gasteiger charge is 2.22. The normalized spacial score (nSPS) is 15.0. The third-order valence-electron chi connectivity index (χ3n) is 5.39. The fraction of sp³-hybridized carbons (Fsp3) is 0.304. The van der Waals surface area contributed by atoms with Gasteiger partial charge in [0.25, 0.3) is 0 Å². The summed E-state index contributed by atoms with van der Waals surface area (Å²) >= 11 is 0. The minimum atomic E-state index is 0.183. The van der Waals surface area contributed by atoms with E-state index in [0.717, 1.165) is 44.0 Å². The molecule has 2 aromatic carbocycles. The Kier molecular flexibility index (Phi) is 5.53. The molecule has 0 bridgehead atoms. The van der Waals surface area contributed by atoms with Crippen LogP contribution in [0.2, 0.25) is 0 Å². The number of benzene rings is 2. The first-order valence-electron chi connectivity index (χ1n) is 9.82. The number of hydrogen-bond donors (Lipinski definition) is 0. The van der Waals surface area contributed by atoms with Crippen molar-refractivity contribution in [3.8, 4) is 5.69 Å². The quantitative estimate of drug-likeness (QED) is 0.689. The van der Waals surface area contributed by atoms with Gasteiger partial charge in [-0.15, -0.1) is 0 Å². The molecule has 1 aliphatic rings. The van der Waals surface area contributed by atoms with Crippen LogP contribution in [0, 0.1) is 6.92 Å². The zero-order valence-electron chi connectivity index (χ0n) is 16.3. The third-order valence-corrected chi connectivity index (χ3v) is 5.39. The number of piperazine rings is 1. The van der Waals surface area contributed by atoms with Gasteiger partial charge in [-0.25, -0.2) is 4.68 Å². The molecule has 0 N–H and O–H groups in total. The van der Waals surface area contributed by atoms with Gasteiger partial charge in [0, 0.05) is 38.9 Å². The number of nitrogens with zero attached hydrogens (tertiary/aromatic N) is 4. The molecule has 5 heteroatoms. The zero-order valence-corrected chi connectivity index (χ0v) is 16.3. The Balaban J connectivity index is 1.30. The molecule has 3 aromatic rings. The number of para-hydroxylation sites is 1. The van der Waals surface area contributed by atoms with Crippen LogP contribution in [-0.2, 0) is 17.8 Å². The maximum atomic E-state index is 12.7. The zero-order chi connectivity index (χ0) is 19.3. The molecule has 0 unspecified atom stereocenters. The molecule has 0 aliphatic carbocycles. The lowest BCUT2D eigenvalue weighted by molar-refractivity contribution is -0.132. The molecule has 1 fully saturated rings. The van der Waals surface area contributed by atoms with Crippen molar-refractivity contribution in [2.24, 2.45) is 0 Å². The third kappa shape index (κ3) is 4.31. The van der Waals surface area contributed by atoms with Gasteiger partial charge in [-0.2, -0.15) is 5.10 Å². The van der Waals surface area contributed by atoms with Crippen LogP contribution in [0.5, 0.6) is 0 Å². The molecule has 0 radical (unpaired) electrons. The molecular weight excluding hydrogens is 348 g/mol. The Labute approximate surface area is 166 Å². The first kappa shape index (κ1) is 18.4. The van der Waals surface area contributed by atoms with E-state index < -0.39 is 0 Å². The standard InChI is InChI=1S/C23H26N4O/c1-19-7-5-6-8-21(19)18-25-11-13-26(14-12-25)23(28)15-20-16-24-27(17-20)22-9-3-2-4-10-22/h2-10,16-17H,11-15,18H2,1H3. The Hall–Kier alpha value is -2.92. The second-order valence-corrected chi connectivity index (χ2v) is 7.39. The summed E-state index contributed by atoms with van der Waals surface area (Å²) in [6, 6.07) is 18.5. The number of aromatic nitrogens is 2. The number of rotatable bonds is 5. The monoisotopic (exact) mass is 374 g/mol. The Morgan fingerprint density at radius 3 is 2.43 bits per heavy atom. The van der Waals surface area contributed by atoms with Gasteiger partial charge in [-0.1, -0.05) is 42.5 Å². The molecule has 0 atom stereocenters. The summed E-state index contributed by atoms with van der Waals surface area (Å²) in [7, 11) is 0. The maximum Gasteiger partial charge on any atom is 0.227 e. The second-order valence-electron chi connectivity index (χ2n) is 7.39. The lowest BCUT2D eigenvalue weighted by atomic mass is 10.1. The number of aryl methyl sites for hydroxylation is 1. The number of carbonyl (C=O) groups is 1. The van der Waals surface area contributed by atoms with Crippen LogP contribution in [-0.4, -0.2) is 51.7 Å². The summed E-state index contributed by atoms with van der Waals surface area (Å²) in [6.07, 6.45) is 4.14. The molecule has 2 heterocycles. The van der Waals surface area contributed by atoms with E-state index in [1.807, 2.05) is 46.1 Å². The number of carbonyl (C=O) groups excluding carboxylic acids is 1. The van der Waals surface area contributed by atoms with E-state index in [2.05, 4.69) is 41.2 Å². The highest BCUT2D eigenvalue weighted by molar-refractivity contribution is 5.78. The smallest absolute Gasteiger partial charge is 0.227 e. The van der Waals surface area contributed by atoms with Crippen molar-refractivity contribution in [3.63, 3.8) is 0 Å². The molecule has 5 nitrogen and oxygen atoms in total. The molecule has 1 amide bonds. The first-order valence-corrected chi connectivity index (χ1v) is 9.82. The molecular formula is C23H26N4O. The van der Waals surface area contributed by atoms with Crippen molar-refractivity contribution >= 4 is 5.91 Å². The average Bonchev–Trinajstić information content (AvgIpc) is 3.19. The van der Waals surface area contributed by atoms with Crippen LogP contribution in [0.15, 0.2) is 67.0 Å². The average molecular weight is 374 g/mol. The van der Waals surface area contributed by atoms with Gasteiger partial charge >= 0.3 is 0 Å². The first-order chi connectivity index (χ1) is 13.7. The van der Waals surface area contributed by atoms with E-state index in [4.69, 9.17) is 0 Å². The molecule has 1 saturated heterocycles. The summed E-state index contributed by atoms with van der Waals surface area (Å²) in [5, 5.41) is 4.39. The molecule has 144 valence electrons.